The van der Waals surface area contributed by atoms with Gasteiger partial charge in [-0.1, -0.05) is 37.4 Å². The van der Waals surface area contributed by atoms with Crippen LogP contribution < -0.4 is 10.6 Å². The summed E-state index contributed by atoms with van der Waals surface area (Å²) in [5.41, 5.74) is 2.73. The Hall–Kier alpha value is -2.44. The topological polar surface area (TPSA) is 58.2 Å². The van der Waals surface area contributed by atoms with Gasteiger partial charge in [0, 0.05) is 38.8 Å². The highest BCUT2D eigenvalue weighted by Crippen LogP contribution is 2.11. The van der Waals surface area contributed by atoms with Crippen LogP contribution in [0.1, 0.15) is 24.0 Å². The van der Waals surface area contributed by atoms with Crippen LogP contribution in [0.25, 0.3) is 0 Å². The predicted molar refractivity (Wildman–Crippen MR) is 133 cm³/mol. The van der Waals surface area contributed by atoms with E-state index in [1.807, 2.05) is 0 Å². The van der Waals surface area contributed by atoms with E-state index >= 15 is 0 Å². The maximum Gasteiger partial charge on any atom is 0.243 e. The average Bonchev–Trinajstić information content (AvgIpc) is 2.77. The van der Waals surface area contributed by atoms with Gasteiger partial charge in [-0.15, -0.1) is 0 Å². The highest BCUT2D eigenvalue weighted by molar-refractivity contribution is 5.87. The molecular weight excluding hydrogens is 400 g/mol. The molecule has 0 heterocycles. The second-order valence-corrected chi connectivity index (χ2v) is 9.78. The molecule has 0 saturated heterocycles. The number of carbonyl (C=O) groups is 2. The van der Waals surface area contributed by atoms with Crippen LogP contribution in [0, 0.1) is 0 Å². The summed E-state index contributed by atoms with van der Waals surface area (Å²) in [6, 6.07) is 9.02. The van der Waals surface area contributed by atoms with Gasteiger partial charge in [-0.05, 0) is 23.3 Å². The van der Waals surface area contributed by atoms with Crippen molar-refractivity contribution in [3.05, 3.63) is 60.7 Å². The van der Waals surface area contributed by atoms with Gasteiger partial charge in [-0.2, -0.15) is 0 Å². The van der Waals surface area contributed by atoms with E-state index in [0.29, 0.717) is 13.1 Å². The Labute approximate surface area is 195 Å². The fourth-order valence-electron chi connectivity index (χ4n) is 3.54. The van der Waals surface area contributed by atoms with Gasteiger partial charge in [0.25, 0.3) is 0 Å². The minimum Gasteiger partial charge on any atom is -0.352 e. The number of benzene rings is 1. The third-order valence-electron chi connectivity index (χ3n) is 5.88. The molecule has 0 aliphatic carbocycles. The lowest BCUT2D eigenvalue weighted by molar-refractivity contribution is -0.890. The molecule has 0 bridgehead atoms. The molecule has 32 heavy (non-hydrogen) atoms. The van der Waals surface area contributed by atoms with Crippen molar-refractivity contribution in [1.29, 1.82) is 0 Å². The molecule has 0 aliphatic rings. The quantitative estimate of drug-likeness (QED) is 0.234. The molecule has 1 rings (SSSR count). The zero-order chi connectivity index (χ0) is 24.0. The highest BCUT2D eigenvalue weighted by atomic mass is 16.2. The van der Waals surface area contributed by atoms with Crippen molar-refractivity contribution >= 4 is 11.8 Å². The van der Waals surface area contributed by atoms with Crippen LogP contribution in [0.3, 0.4) is 0 Å². The predicted octanol–water partition coefficient (Wildman–Crippen LogP) is 2.31. The van der Waals surface area contributed by atoms with Crippen molar-refractivity contribution in [2.75, 3.05) is 67.5 Å². The van der Waals surface area contributed by atoms with Gasteiger partial charge >= 0.3 is 0 Å². The molecule has 2 N–H and O–H groups in total. The van der Waals surface area contributed by atoms with Crippen molar-refractivity contribution < 1.29 is 18.6 Å². The summed E-state index contributed by atoms with van der Waals surface area (Å²) < 4.78 is 1.87. The Morgan fingerprint density at radius 3 is 1.38 bits per heavy atom. The molecule has 0 spiro atoms. The summed E-state index contributed by atoms with van der Waals surface area (Å²) in [7, 11) is 8.97. The normalized spacial score (nSPS) is 11.6. The summed E-state index contributed by atoms with van der Waals surface area (Å²) in [6.45, 7) is 12.5. The number of carbonyl (C=O) groups excluding carboxylic acids is 2. The SMILES string of the molecule is C=CC(=O)NCCC[N+](C)(C)CCc1ccc(CC[N+](C)(C)CCCNC(=O)C=C)cc1. The Bertz CT molecular complexity index is 676. The number of amides is 2. The van der Waals surface area contributed by atoms with Gasteiger partial charge in [0.15, 0.2) is 0 Å². The highest BCUT2D eigenvalue weighted by Gasteiger charge is 2.16. The van der Waals surface area contributed by atoms with Gasteiger partial charge < -0.3 is 19.6 Å². The van der Waals surface area contributed by atoms with E-state index < -0.39 is 0 Å². The van der Waals surface area contributed by atoms with E-state index in [1.165, 1.54) is 23.3 Å². The molecule has 1 aromatic carbocycles. The van der Waals surface area contributed by atoms with E-state index in [9.17, 15) is 9.59 Å². The summed E-state index contributed by atoms with van der Waals surface area (Å²) in [5, 5.41) is 5.68. The van der Waals surface area contributed by atoms with Crippen LogP contribution in [-0.4, -0.2) is 88.2 Å². The maximum absolute atomic E-state index is 11.2. The van der Waals surface area contributed by atoms with Crippen LogP contribution in [0.2, 0.25) is 0 Å². The minimum atomic E-state index is -0.102. The number of quaternary nitrogens is 2. The van der Waals surface area contributed by atoms with Crippen molar-refractivity contribution in [3.8, 4) is 0 Å². The van der Waals surface area contributed by atoms with Gasteiger partial charge in [0.2, 0.25) is 11.8 Å². The van der Waals surface area contributed by atoms with E-state index in [0.717, 1.165) is 60.8 Å². The summed E-state index contributed by atoms with van der Waals surface area (Å²) in [4.78, 5) is 22.4. The Morgan fingerprint density at radius 2 is 1.06 bits per heavy atom. The molecule has 0 aliphatic heterocycles. The van der Waals surface area contributed by atoms with Gasteiger partial charge in [0.1, 0.15) is 0 Å². The van der Waals surface area contributed by atoms with E-state index in [-0.39, 0.29) is 11.8 Å². The van der Waals surface area contributed by atoms with Crippen molar-refractivity contribution in [1.82, 2.24) is 10.6 Å². The molecule has 6 nitrogen and oxygen atoms in total. The standard InChI is InChI=1S/C26H42N4O2/c1-7-25(31)27-17-9-19-29(3,4)21-15-23-11-13-24(14-12-23)16-22-30(5,6)20-10-18-28-26(32)8-2/h7-8,11-14H,1-2,9-10,15-22H2,3-6H3/p+2. The second kappa shape index (κ2) is 13.9. The Balaban J connectivity index is 2.34. The van der Waals surface area contributed by atoms with Crippen molar-refractivity contribution in [3.63, 3.8) is 0 Å². The van der Waals surface area contributed by atoms with E-state index in [2.05, 4.69) is 76.2 Å². The Morgan fingerprint density at radius 1 is 0.719 bits per heavy atom. The molecule has 1 aromatic rings. The van der Waals surface area contributed by atoms with Crippen molar-refractivity contribution in [2.45, 2.75) is 25.7 Å². The summed E-state index contributed by atoms with van der Waals surface area (Å²) in [5.74, 6) is -0.204. The first-order valence-corrected chi connectivity index (χ1v) is 11.6. The molecule has 178 valence electrons. The first-order chi connectivity index (χ1) is 15.1. The smallest absolute Gasteiger partial charge is 0.243 e. The van der Waals surface area contributed by atoms with Gasteiger partial charge in [-0.3, -0.25) is 9.59 Å². The molecule has 0 fully saturated rings. The number of likely N-dealkylation sites (N-methyl/N-ethyl adjacent to an activating group) is 2. The lowest BCUT2D eigenvalue weighted by Gasteiger charge is -2.30. The average molecular weight is 445 g/mol. The number of hydrogen-bond donors (Lipinski definition) is 2. The zero-order valence-corrected chi connectivity index (χ0v) is 20.7. The van der Waals surface area contributed by atoms with Gasteiger partial charge in [0.05, 0.1) is 54.4 Å². The number of hydrogen-bond acceptors (Lipinski definition) is 2. The van der Waals surface area contributed by atoms with E-state index in [1.54, 1.807) is 0 Å². The molecule has 0 atom stereocenters. The first-order valence-electron chi connectivity index (χ1n) is 11.6. The van der Waals surface area contributed by atoms with E-state index in [4.69, 9.17) is 0 Å². The Kier molecular flexibility index (Phi) is 12.0. The fourth-order valence-corrected chi connectivity index (χ4v) is 3.54. The molecule has 0 saturated carbocycles. The van der Waals surface area contributed by atoms with Crippen LogP contribution in [0.5, 0.6) is 0 Å². The second-order valence-electron chi connectivity index (χ2n) is 9.78. The van der Waals surface area contributed by atoms with Crippen LogP contribution in [0.4, 0.5) is 0 Å². The molecule has 6 heteroatoms. The lowest BCUT2D eigenvalue weighted by Crippen LogP contribution is -2.43. The van der Waals surface area contributed by atoms with Crippen LogP contribution in [-0.2, 0) is 22.4 Å². The molecule has 0 radical (unpaired) electrons. The molecular formula is C26H44N4O2+2. The molecule has 2 amide bonds. The largest absolute Gasteiger partial charge is 0.352 e. The zero-order valence-electron chi connectivity index (χ0n) is 20.7. The fraction of sp³-hybridized carbons (Fsp3) is 0.538. The molecule has 0 aromatic heterocycles. The first kappa shape index (κ1) is 27.6. The van der Waals surface area contributed by atoms with Gasteiger partial charge in [-0.25, -0.2) is 0 Å². The summed E-state index contributed by atoms with van der Waals surface area (Å²) in [6.07, 6.45) is 6.64. The molecule has 0 unspecified atom stereocenters. The number of rotatable bonds is 16. The monoisotopic (exact) mass is 444 g/mol. The number of nitrogens with zero attached hydrogens (tertiary/aromatic N) is 2. The lowest BCUT2D eigenvalue weighted by atomic mass is 10.1. The van der Waals surface area contributed by atoms with Crippen LogP contribution in [0.15, 0.2) is 49.6 Å². The summed E-state index contributed by atoms with van der Waals surface area (Å²) >= 11 is 0. The third-order valence-corrected chi connectivity index (χ3v) is 5.88. The third kappa shape index (κ3) is 12.4. The van der Waals surface area contributed by atoms with Crippen molar-refractivity contribution in [2.24, 2.45) is 0 Å². The number of nitrogens with one attached hydrogen (secondary N) is 2. The minimum absolute atomic E-state index is 0.102. The van der Waals surface area contributed by atoms with Crippen LogP contribution >= 0.6 is 0 Å². The maximum atomic E-state index is 11.2.